The second-order valence-electron chi connectivity index (χ2n) is 16.7. The molecule has 1 spiro atoms. The molecule has 0 fully saturated rings. The van der Waals surface area contributed by atoms with E-state index in [9.17, 15) is 5.41 Å². The summed E-state index contributed by atoms with van der Waals surface area (Å²) in [7, 11) is 0. The van der Waals surface area contributed by atoms with Gasteiger partial charge in [-0.25, -0.2) is 0 Å². The Balaban J connectivity index is 0.000000568. The monoisotopic (exact) mass is 819 g/mol. The zero-order valence-electron chi connectivity index (χ0n) is 35.2. The van der Waals surface area contributed by atoms with Crippen LogP contribution in [0.3, 0.4) is 0 Å². The van der Waals surface area contributed by atoms with E-state index in [4.69, 9.17) is 4.42 Å². The standard InChI is InChI=1S/C53H33N3O.C7H8/c1-55-45(32-14-3-2-4-15-32)31-44(54)37-20-12-22-42-50(37)39-30-33(34-18-13-27-49-51(34)38-17-6-10-26-48(38)57-49)28-29-40(39)53(42)41-21-7-9-25-47(41)56-46-24-8-5-16-35(46)36-19-11-23-43(53)52(36)56;1-7-5-3-2-4-6-7/h2-31,54H,1H2;2-6H,1H3/b45-31-,54-44?;. The largest absolute Gasteiger partial charge is 0.456 e. The molecule has 1 atom stereocenters. The van der Waals surface area contributed by atoms with Gasteiger partial charge in [0.15, 0.2) is 0 Å². The Morgan fingerprint density at radius 2 is 1.23 bits per heavy atom. The van der Waals surface area contributed by atoms with Crippen LogP contribution in [0, 0.1) is 12.3 Å². The molecule has 1 unspecified atom stereocenters. The van der Waals surface area contributed by atoms with Gasteiger partial charge in [0.1, 0.15) is 11.2 Å². The predicted octanol–water partition coefficient (Wildman–Crippen LogP) is 15.1. The first-order chi connectivity index (χ1) is 31.6. The molecule has 11 aromatic rings. The summed E-state index contributed by atoms with van der Waals surface area (Å²) in [5.41, 5.74) is 18.0. The van der Waals surface area contributed by atoms with Crippen molar-refractivity contribution in [2.75, 3.05) is 0 Å². The van der Waals surface area contributed by atoms with E-state index in [1.54, 1.807) is 0 Å². The average molecular weight is 820 g/mol. The van der Waals surface area contributed by atoms with Crippen LogP contribution >= 0.6 is 0 Å². The summed E-state index contributed by atoms with van der Waals surface area (Å²) >= 11 is 0. The third kappa shape index (κ3) is 5.42. The van der Waals surface area contributed by atoms with Gasteiger partial charge in [-0.3, -0.25) is 4.99 Å². The normalized spacial score (nSPS) is 14.6. The molecule has 4 nitrogen and oxygen atoms in total. The SMILES string of the molecule is C=N/C(=C\C(=N)c1cccc2c1-c1cc(-c3cccc4oc5ccccc5c34)ccc1C21c2ccccc2-n2c3ccccc3c3cccc1c32)c1ccccc1.Cc1ccccc1. The maximum absolute atomic E-state index is 9.79. The molecular formula is C60H41N3O. The fourth-order valence-corrected chi connectivity index (χ4v) is 10.6. The number of hydrogen-bond acceptors (Lipinski definition) is 3. The lowest BCUT2D eigenvalue weighted by molar-refractivity contribution is 0.669. The summed E-state index contributed by atoms with van der Waals surface area (Å²) in [6, 6.07) is 72.8. The molecule has 13 rings (SSSR count). The van der Waals surface area contributed by atoms with E-state index < -0.39 is 5.41 Å². The predicted molar refractivity (Wildman–Crippen MR) is 266 cm³/mol. The highest BCUT2D eigenvalue weighted by Gasteiger charge is 2.51. The Kier molecular flexibility index (Phi) is 8.56. The number of benzene rings is 9. The molecule has 3 heterocycles. The van der Waals surface area contributed by atoms with E-state index in [0.717, 1.165) is 55.3 Å². The molecule has 64 heavy (non-hydrogen) atoms. The maximum atomic E-state index is 9.79. The third-order valence-electron chi connectivity index (χ3n) is 13.3. The van der Waals surface area contributed by atoms with Gasteiger partial charge < -0.3 is 14.4 Å². The van der Waals surface area contributed by atoms with Gasteiger partial charge >= 0.3 is 0 Å². The van der Waals surface area contributed by atoms with Crippen LogP contribution in [0.1, 0.15) is 38.9 Å². The van der Waals surface area contributed by atoms with Crippen LogP contribution in [0.15, 0.2) is 222 Å². The highest BCUT2D eigenvalue weighted by atomic mass is 16.3. The molecule has 0 amide bonds. The Hall–Kier alpha value is -8.34. The Labute approximate surface area is 371 Å². The smallest absolute Gasteiger partial charge is 0.136 e. The van der Waals surface area contributed by atoms with Crippen LogP contribution in [0.2, 0.25) is 0 Å². The summed E-state index contributed by atoms with van der Waals surface area (Å²) in [4.78, 5) is 4.41. The van der Waals surface area contributed by atoms with Gasteiger partial charge in [-0.2, -0.15) is 0 Å². The molecule has 0 saturated heterocycles. The van der Waals surface area contributed by atoms with E-state index in [2.05, 4.69) is 169 Å². The molecule has 1 aliphatic carbocycles. The lowest BCUT2D eigenvalue weighted by Gasteiger charge is -2.39. The van der Waals surface area contributed by atoms with Crippen molar-refractivity contribution in [2.45, 2.75) is 12.3 Å². The Bertz CT molecular complexity index is 3720. The lowest BCUT2D eigenvalue weighted by atomic mass is 9.65. The summed E-state index contributed by atoms with van der Waals surface area (Å²) in [6.07, 6.45) is 1.86. The first-order valence-electron chi connectivity index (χ1n) is 21.7. The summed E-state index contributed by atoms with van der Waals surface area (Å²) in [6.45, 7) is 5.99. The number of allylic oxidation sites excluding steroid dienone is 1. The van der Waals surface area contributed by atoms with Crippen LogP contribution in [0.5, 0.6) is 0 Å². The molecule has 302 valence electrons. The number of para-hydroxylation sites is 4. The molecule has 1 aliphatic heterocycles. The van der Waals surface area contributed by atoms with Gasteiger partial charge in [0.25, 0.3) is 0 Å². The number of nitrogens with zero attached hydrogens (tertiary/aromatic N) is 2. The van der Waals surface area contributed by atoms with Crippen molar-refractivity contribution in [2.24, 2.45) is 4.99 Å². The number of aryl methyl sites for hydroxylation is 1. The fraction of sp³-hybridized carbons (Fsp3) is 0.0333. The first-order valence-corrected chi connectivity index (χ1v) is 21.7. The third-order valence-corrected chi connectivity index (χ3v) is 13.3. The highest BCUT2D eigenvalue weighted by molar-refractivity contribution is 6.18. The van der Waals surface area contributed by atoms with Gasteiger partial charge in [-0.15, -0.1) is 0 Å². The second-order valence-corrected chi connectivity index (χ2v) is 16.7. The number of aliphatic imine (C=N–C) groups is 1. The van der Waals surface area contributed by atoms with Crippen molar-refractivity contribution in [3.05, 3.63) is 251 Å². The number of furan rings is 1. The molecule has 0 bridgehead atoms. The van der Waals surface area contributed by atoms with E-state index >= 15 is 0 Å². The van der Waals surface area contributed by atoms with Crippen LogP contribution < -0.4 is 0 Å². The van der Waals surface area contributed by atoms with Crippen LogP contribution in [0.25, 0.3) is 77.4 Å². The molecule has 4 heteroatoms. The maximum Gasteiger partial charge on any atom is 0.136 e. The van der Waals surface area contributed by atoms with Crippen molar-refractivity contribution in [1.82, 2.24) is 4.57 Å². The van der Waals surface area contributed by atoms with Crippen molar-refractivity contribution < 1.29 is 4.42 Å². The van der Waals surface area contributed by atoms with E-state index in [1.165, 1.54) is 55.3 Å². The van der Waals surface area contributed by atoms with Crippen molar-refractivity contribution in [3.63, 3.8) is 0 Å². The van der Waals surface area contributed by atoms with Gasteiger partial charge in [-0.1, -0.05) is 181 Å². The second kappa shape index (κ2) is 14.6. The highest BCUT2D eigenvalue weighted by Crippen LogP contribution is 2.62. The van der Waals surface area contributed by atoms with Crippen LogP contribution in [-0.2, 0) is 5.41 Å². The van der Waals surface area contributed by atoms with E-state index in [-0.39, 0.29) is 0 Å². The van der Waals surface area contributed by atoms with Gasteiger partial charge in [0.2, 0.25) is 0 Å². The van der Waals surface area contributed by atoms with Gasteiger partial charge in [-0.05, 0) is 94.6 Å². The van der Waals surface area contributed by atoms with Crippen molar-refractivity contribution in [3.8, 4) is 27.9 Å². The van der Waals surface area contributed by atoms with Crippen LogP contribution in [0.4, 0.5) is 0 Å². The molecule has 1 N–H and O–H groups in total. The molecular weight excluding hydrogens is 779 g/mol. The van der Waals surface area contributed by atoms with Crippen molar-refractivity contribution >= 4 is 61.9 Å². The van der Waals surface area contributed by atoms with E-state index in [0.29, 0.717) is 11.4 Å². The zero-order chi connectivity index (χ0) is 42.9. The summed E-state index contributed by atoms with van der Waals surface area (Å²) in [5.74, 6) is 0. The molecule has 9 aromatic carbocycles. The lowest BCUT2D eigenvalue weighted by Crippen LogP contribution is -2.33. The zero-order valence-corrected chi connectivity index (χ0v) is 35.2. The average Bonchev–Trinajstić information content (AvgIpc) is 4.00. The quantitative estimate of drug-likeness (QED) is 0.173. The minimum atomic E-state index is -0.656. The first kappa shape index (κ1) is 37.4. The molecule has 0 radical (unpaired) electrons. The van der Waals surface area contributed by atoms with E-state index in [1.807, 2.05) is 66.7 Å². The minimum Gasteiger partial charge on any atom is -0.456 e. The van der Waals surface area contributed by atoms with Gasteiger partial charge in [0, 0.05) is 32.7 Å². The fourth-order valence-electron chi connectivity index (χ4n) is 10.6. The number of nitrogens with one attached hydrogen (secondary N) is 1. The topological polar surface area (TPSA) is 54.3 Å². The Morgan fingerprint density at radius 3 is 2.05 bits per heavy atom. The van der Waals surface area contributed by atoms with Crippen LogP contribution in [-0.4, -0.2) is 17.0 Å². The number of hydrogen-bond donors (Lipinski definition) is 1. The number of rotatable bonds is 5. The Morgan fingerprint density at radius 1 is 0.578 bits per heavy atom. The minimum absolute atomic E-state index is 0.380. The van der Waals surface area contributed by atoms with Crippen molar-refractivity contribution in [1.29, 1.82) is 5.41 Å². The molecule has 2 aliphatic rings. The summed E-state index contributed by atoms with van der Waals surface area (Å²) < 4.78 is 8.83. The molecule has 2 aromatic heterocycles. The summed E-state index contributed by atoms with van der Waals surface area (Å²) in [5, 5.41) is 14.5. The number of fused-ring (bicyclic) bond motifs is 15. The number of aromatic nitrogens is 1. The van der Waals surface area contributed by atoms with Gasteiger partial charge in [0.05, 0.1) is 33.5 Å². The molecule has 0 saturated carbocycles.